The predicted molar refractivity (Wildman–Crippen MR) is 128 cm³/mol. The second-order valence-corrected chi connectivity index (χ2v) is 8.88. The van der Waals surface area contributed by atoms with Crippen molar-refractivity contribution in [3.63, 3.8) is 0 Å². The van der Waals surface area contributed by atoms with Crippen molar-refractivity contribution in [2.45, 2.75) is 60.8 Å². The van der Waals surface area contributed by atoms with Crippen molar-refractivity contribution >= 4 is 11.6 Å². The Morgan fingerprint density at radius 2 is 1.87 bits per heavy atom. The first-order valence-corrected chi connectivity index (χ1v) is 10.6. The molecule has 0 saturated heterocycles. The number of carbonyl (C=O) groups excluding carboxylic acids is 1. The molecule has 3 heteroatoms. The molecule has 0 unspecified atom stereocenters. The van der Waals surface area contributed by atoms with E-state index in [4.69, 9.17) is 0 Å². The maximum Gasteiger partial charge on any atom is 0.248 e. The lowest BCUT2D eigenvalue weighted by atomic mass is 9.72. The summed E-state index contributed by atoms with van der Waals surface area (Å²) in [4.78, 5) is 12.2. The highest BCUT2D eigenvalue weighted by molar-refractivity contribution is 6.01. The molecule has 2 N–H and O–H groups in total. The molecule has 0 saturated carbocycles. The smallest absolute Gasteiger partial charge is 0.248 e. The van der Waals surface area contributed by atoms with Gasteiger partial charge in [0.15, 0.2) is 0 Å². The number of anilines is 1. The van der Waals surface area contributed by atoms with Crippen LogP contribution in [0.2, 0.25) is 0 Å². The zero-order valence-corrected chi connectivity index (χ0v) is 19.2. The Balaban J connectivity index is 2.00. The molecule has 160 valence electrons. The summed E-state index contributed by atoms with van der Waals surface area (Å²) >= 11 is 0. The molecular formula is C27H35NO2. The third-order valence-corrected chi connectivity index (χ3v) is 5.63. The maximum atomic E-state index is 12.2. The van der Waals surface area contributed by atoms with Gasteiger partial charge in [-0.05, 0) is 75.1 Å². The first-order chi connectivity index (χ1) is 14.1. The molecular weight excluding hydrogens is 370 g/mol. The number of aromatic hydroxyl groups is 1. The standard InChI is InChI=1S/C27H35NO2/c1-19(15-16-23-21(3)13-9-17-27(23,5)6)10-7-11-20(2)18-25(30)28-26-22(4)12-8-14-24(26)29/h7-8,10-12,14-16,18,29H,9,13,17H2,1-6H3,(H,28,30). The summed E-state index contributed by atoms with van der Waals surface area (Å²) < 4.78 is 0. The van der Waals surface area contributed by atoms with Gasteiger partial charge >= 0.3 is 0 Å². The summed E-state index contributed by atoms with van der Waals surface area (Å²) in [6, 6.07) is 5.16. The van der Waals surface area contributed by atoms with Gasteiger partial charge in [0.25, 0.3) is 0 Å². The van der Waals surface area contributed by atoms with Crippen LogP contribution in [0.1, 0.15) is 59.4 Å². The number of benzene rings is 1. The van der Waals surface area contributed by atoms with Crippen LogP contribution in [0.5, 0.6) is 5.75 Å². The molecule has 0 spiro atoms. The highest BCUT2D eigenvalue weighted by Crippen LogP contribution is 2.40. The Hall–Kier alpha value is -2.81. The van der Waals surface area contributed by atoms with Gasteiger partial charge in [0, 0.05) is 6.08 Å². The minimum Gasteiger partial charge on any atom is -0.506 e. The van der Waals surface area contributed by atoms with E-state index in [0.717, 1.165) is 16.7 Å². The third-order valence-electron chi connectivity index (χ3n) is 5.63. The zero-order chi connectivity index (χ0) is 22.3. The van der Waals surface area contributed by atoms with Gasteiger partial charge in [-0.2, -0.15) is 0 Å². The summed E-state index contributed by atoms with van der Waals surface area (Å²) in [7, 11) is 0. The van der Waals surface area contributed by atoms with E-state index in [0.29, 0.717) is 5.69 Å². The lowest BCUT2D eigenvalue weighted by molar-refractivity contribution is -0.112. The van der Waals surface area contributed by atoms with Crippen LogP contribution in [-0.2, 0) is 4.79 Å². The van der Waals surface area contributed by atoms with Gasteiger partial charge in [0.2, 0.25) is 5.91 Å². The number of rotatable bonds is 6. The summed E-state index contributed by atoms with van der Waals surface area (Å²) in [5.41, 5.74) is 6.46. The van der Waals surface area contributed by atoms with Crippen LogP contribution < -0.4 is 5.32 Å². The average Bonchev–Trinajstić information content (AvgIpc) is 2.64. The van der Waals surface area contributed by atoms with Crippen molar-refractivity contribution in [3.05, 3.63) is 82.5 Å². The molecule has 0 bridgehead atoms. The van der Waals surface area contributed by atoms with Gasteiger partial charge in [-0.3, -0.25) is 4.79 Å². The fourth-order valence-electron chi connectivity index (χ4n) is 3.86. The number of allylic oxidation sites excluding steroid dienone is 9. The van der Waals surface area contributed by atoms with E-state index in [2.05, 4.69) is 45.2 Å². The van der Waals surface area contributed by atoms with Crippen molar-refractivity contribution in [1.29, 1.82) is 0 Å². The molecule has 30 heavy (non-hydrogen) atoms. The van der Waals surface area contributed by atoms with Crippen LogP contribution in [0.15, 0.2) is 76.9 Å². The summed E-state index contributed by atoms with van der Waals surface area (Å²) in [5, 5.41) is 12.6. The monoisotopic (exact) mass is 405 g/mol. The number of hydrogen-bond acceptors (Lipinski definition) is 2. The fourth-order valence-corrected chi connectivity index (χ4v) is 3.86. The second kappa shape index (κ2) is 10.3. The van der Waals surface area contributed by atoms with Gasteiger partial charge < -0.3 is 10.4 Å². The molecule has 1 aromatic rings. The molecule has 0 atom stereocenters. The lowest BCUT2D eigenvalue weighted by Gasteiger charge is -2.32. The van der Waals surface area contributed by atoms with E-state index < -0.39 is 0 Å². The van der Waals surface area contributed by atoms with Crippen LogP contribution >= 0.6 is 0 Å². The molecule has 2 rings (SSSR count). The van der Waals surface area contributed by atoms with Gasteiger partial charge in [0.05, 0.1) is 5.69 Å². The summed E-state index contributed by atoms with van der Waals surface area (Å²) in [6.07, 6.45) is 15.6. The number of nitrogens with one attached hydrogen (secondary N) is 1. The Kier molecular flexibility index (Phi) is 8.05. The second-order valence-electron chi connectivity index (χ2n) is 8.88. The topological polar surface area (TPSA) is 49.3 Å². The van der Waals surface area contributed by atoms with Crippen LogP contribution in [0.25, 0.3) is 0 Å². The predicted octanol–water partition coefficient (Wildman–Crippen LogP) is 7.17. The first kappa shape index (κ1) is 23.5. The van der Waals surface area contributed by atoms with Crippen LogP contribution in [0.3, 0.4) is 0 Å². The lowest BCUT2D eigenvalue weighted by Crippen LogP contribution is -2.19. The molecule has 0 radical (unpaired) electrons. The minimum absolute atomic E-state index is 0.0711. The largest absolute Gasteiger partial charge is 0.506 e. The number of aryl methyl sites for hydroxylation is 1. The first-order valence-electron chi connectivity index (χ1n) is 10.6. The molecule has 1 aromatic carbocycles. The normalized spacial score (nSPS) is 17.8. The van der Waals surface area contributed by atoms with Crippen LogP contribution in [-0.4, -0.2) is 11.0 Å². The van der Waals surface area contributed by atoms with Crippen molar-refractivity contribution in [1.82, 2.24) is 0 Å². The number of phenols is 1. The number of hydrogen-bond donors (Lipinski definition) is 2. The molecule has 3 nitrogen and oxygen atoms in total. The maximum absolute atomic E-state index is 12.2. The van der Waals surface area contributed by atoms with E-state index in [1.54, 1.807) is 12.1 Å². The zero-order valence-electron chi connectivity index (χ0n) is 19.2. The molecule has 0 fully saturated rings. The van der Waals surface area contributed by atoms with Crippen molar-refractivity contribution < 1.29 is 9.90 Å². The van der Waals surface area contributed by atoms with E-state index in [1.165, 1.54) is 36.5 Å². The number of phenolic OH excluding ortho intramolecular Hbond substituents is 1. The third kappa shape index (κ3) is 6.62. The molecule has 1 aliphatic rings. The Labute approximate surface area is 181 Å². The van der Waals surface area contributed by atoms with Crippen LogP contribution in [0.4, 0.5) is 5.69 Å². The van der Waals surface area contributed by atoms with Gasteiger partial charge in [0.1, 0.15) is 5.75 Å². The minimum atomic E-state index is -0.260. The van der Waals surface area contributed by atoms with E-state index >= 15 is 0 Å². The molecule has 0 aromatic heterocycles. The highest BCUT2D eigenvalue weighted by atomic mass is 16.3. The van der Waals surface area contributed by atoms with Crippen LogP contribution in [0, 0.1) is 12.3 Å². The number of carbonyl (C=O) groups is 1. The van der Waals surface area contributed by atoms with Crippen molar-refractivity contribution in [2.75, 3.05) is 5.32 Å². The molecule has 0 heterocycles. The van der Waals surface area contributed by atoms with E-state index in [-0.39, 0.29) is 17.1 Å². The van der Waals surface area contributed by atoms with E-state index in [1.807, 2.05) is 38.1 Å². The van der Waals surface area contributed by atoms with Gasteiger partial charge in [-0.1, -0.05) is 67.5 Å². The molecule has 0 aliphatic heterocycles. The number of para-hydroxylation sites is 1. The summed E-state index contributed by atoms with van der Waals surface area (Å²) in [6.45, 7) is 12.7. The highest BCUT2D eigenvalue weighted by Gasteiger charge is 2.26. The number of amides is 1. The van der Waals surface area contributed by atoms with E-state index in [9.17, 15) is 9.90 Å². The summed E-state index contributed by atoms with van der Waals surface area (Å²) in [5.74, 6) is -0.189. The Morgan fingerprint density at radius 1 is 1.13 bits per heavy atom. The van der Waals surface area contributed by atoms with Gasteiger partial charge in [-0.15, -0.1) is 0 Å². The molecule has 1 aliphatic carbocycles. The quantitative estimate of drug-likeness (QED) is 0.299. The molecule has 1 amide bonds. The van der Waals surface area contributed by atoms with Gasteiger partial charge in [-0.25, -0.2) is 0 Å². The Morgan fingerprint density at radius 3 is 2.53 bits per heavy atom. The SMILES string of the molecule is CC(C=CC1=C(C)CCCC1(C)C)=CC=CC(C)=CC(=O)Nc1c(C)cccc1O. The van der Waals surface area contributed by atoms with Crippen molar-refractivity contribution in [3.8, 4) is 5.75 Å². The van der Waals surface area contributed by atoms with Crippen molar-refractivity contribution in [2.24, 2.45) is 5.41 Å². The fraction of sp³-hybridized carbons (Fsp3) is 0.370. The Bertz CT molecular complexity index is 919. The average molecular weight is 406 g/mol.